The monoisotopic (exact) mass is 314 g/mol. The molecule has 1 saturated heterocycles. The average molecular weight is 315 g/mol. The Morgan fingerprint density at radius 3 is 2.85 bits per heavy atom. The van der Waals surface area contributed by atoms with Crippen molar-refractivity contribution in [3.05, 3.63) is 33.9 Å². The van der Waals surface area contributed by atoms with Crippen molar-refractivity contribution < 1.29 is 4.92 Å². The molecule has 0 aliphatic carbocycles. The van der Waals surface area contributed by atoms with Gasteiger partial charge < -0.3 is 4.90 Å². The van der Waals surface area contributed by atoms with Crippen molar-refractivity contribution in [2.75, 3.05) is 23.7 Å². The number of hydrogen-bond acceptors (Lipinski definition) is 4. The maximum absolute atomic E-state index is 10.8. The van der Waals surface area contributed by atoms with E-state index in [4.69, 9.17) is 11.6 Å². The Hall–Kier alpha value is -0.940. The van der Waals surface area contributed by atoms with Crippen LogP contribution in [0.5, 0.6) is 0 Å². The minimum atomic E-state index is -0.374. The molecule has 1 fully saturated rings. The first-order valence-electron chi connectivity index (χ1n) is 6.65. The van der Waals surface area contributed by atoms with Crippen molar-refractivity contribution >= 4 is 34.7 Å². The summed E-state index contributed by atoms with van der Waals surface area (Å²) in [5.41, 5.74) is 1.98. The second-order valence-electron chi connectivity index (χ2n) is 5.55. The van der Waals surface area contributed by atoms with Crippen molar-refractivity contribution in [3.63, 3.8) is 0 Å². The van der Waals surface area contributed by atoms with Crippen LogP contribution in [-0.4, -0.2) is 28.5 Å². The predicted molar refractivity (Wildman–Crippen MR) is 86.0 cm³/mol. The van der Waals surface area contributed by atoms with Crippen LogP contribution in [0.25, 0.3) is 0 Å². The van der Waals surface area contributed by atoms with E-state index in [1.54, 1.807) is 12.1 Å². The van der Waals surface area contributed by atoms with Crippen LogP contribution >= 0.6 is 23.4 Å². The van der Waals surface area contributed by atoms with E-state index < -0.39 is 0 Å². The van der Waals surface area contributed by atoms with Crippen LogP contribution in [-0.2, 0) is 5.88 Å². The van der Waals surface area contributed by atoms with Gasteiger partial charge in [0, 0.05) is 47.3 Å². The molecule has 1 aliphatic rings. The molecule has 0 unspecified atom stereocenters. The molecule has 1 aromatic rings. The molecule has 1 heterocycles. The van der Waals surface area contributed by atoms with Gasteiger partial charge >= 0.3 is 0 Å². The summed E-state index contributed by atoms with van der Waals surface area (Å²) in [6, 6.07) is 4.99. The molecule has 0 bridgehead atoms. The van der Waals surface area contributed by atoms with Crippen molar-refractivity contribution in [2.45, 2.75) is 30.9 Å². The highest BCUT2D eigenvalue weighted by atomic mass is 35.5. The van der Waals surface area contributed by atoms with Gasteiger partial charge in [-0.25, -0.2) is 0 Å². The molecule has 0 amide bonds. The molecule has 2 rings (SSSR count). The number of benzene rings is 1. The summed E-state index contributed by atoms with van der Waals surface area (Å²) in [5, 5.41) is 10.8. The van der Waals surface area contributed by atoms with Gasteiger partial charge in [0.05, 0.1) is 4.92 Å². The van der Waals surface area contributed by atoms with E-state index in [9.17, 15) is 10.1 Å². The summed E-state index contributed by atoms with van der Waals surface area (Å²) >= 11 is 7.95. The third-order valence-corrected chi connectivity index (χ3v) is 5.26. The zero-order valence-electron chi connectivity index (χ0n) is 11.8. The second kappa shape index (κ2) is 6.22. The van der Waals surface area contributed by atoms with Gasteiger partial charge in [0.25, 0.3) is 5.69 Å². The fourth-order valence-corrected chi connectivity index (χ4v) is 3.68. The van der Waals surface area contributed by atoms with Gasteiger partial charge in [-0.1, -0.05) is 13.8 Å². The molecule has 1 aliphatic heterocycles. The molecule has 6 heteroatoms. The number of alkyl halides is 1. The lowest BCUT2D eigenvalue weighted by atomic mass is 10.1. The lowest BCUT2D eigenvalue weighted by Crippen LogP contribution is -2.27. The molecule has 0 spiro atoms. The number of anilines is 1. The Morgan fingerprint density at radius 1 is 1.45 bits per heavy atom. The number of rotatable bonds is 3. The van der Waals surface area contributed by atoms with Crippen LogP contribution < -0.4 is 4.90 Å². The molecule has 20 heavy (non-hydrogen) atoms. The molecule has 0 aromatic heterocycles. The highest BCUT2D eigenvalue weighted by molar-refractivity contribution is 8.00. The van der Waals surface area contributed by atoms with E-state index in [-0.39, 0.29) is 15.4 Å². The van der Waals surface area contributed by atoms with E-state index in [0.717, 1.165) is 36.5 Å². The van der Waals surface area contributed by atoms with Gasteiger partial charge in [0.1, 0.15) is 0 Å². The van der Waals surface area contributed by atoms with Crippen LogP contribution in [0.3, 0.4) is 0 Å². The topological polar surface area (TPSA) is 46.4 Å². The zero-order valence-corrected chi connectivity index (χ0v) is 13.3. The fourth-order valence-electron chi connectivity index (χ4n) is 2.36. The first-order chi connectivity index (χ1) is 9.43. The van der Waals surface area contributed by atoms with Crippen LogP contribution in [0.1, 0.15) is 25.8 Å². The van der Waals surface area contributed by atoms with E-state index in [2.05, 4.69) is 18.7 Å². The van der Waals surface area contributed by atoms with Gasteiger partial charge in [-0.05, 0) is 18.1 Å². The predicted octanol–water partition coefficient (Wildman–Crippen LogP) is 4.06. The van der Waals surface area contributed by atoms with E-state index >= 15 is 0 Å². The number of nitro benzene ring substituents is 1. The maximum Gasteiger partial charge on any atom is 0.269 e. The number of nitro groups is 1. The summed E-state index contributed by atoms with van der Waals surface area (Å²) in [6.45, 7) is 6.44. The quantitative estimate of drug-likeness (QED) is 0.479. The standard InChI is InChI=1S/C14H19ClN2O2S/c1-14(2)5-6-16(7-8-20-14)13-4-3-12(17(18)19)9-11(13)10-15/h3-4,9H,5-8,10H2,1-2H3. The van der Waals surface area contributed by atoms with Crippen LogP contribution in [0.15, 0.2) is 18.2 Å². The number of hydrogen-bond donors (Lipinski definition) is 0. The van der Waals surface area contributed by atoms with Crippen LogP contribution in [0.4, 0.5) is 11.4 Å². The molecule has 1 aromatic carbocycles. The van der Waals surface area contributed by atoms with Gasteiger partial charge in [-0.2, -0.15) is 11.8 Å². The number of halogens is 1. The summed E-state index contributed by atoms with van der Waals surface area (Å²) in [7, 11) is 0. The second-order valence-corrected chi connectivity index (χ2v) is 7.62. The summed E-state index contributed by atoms with van der Waals surface area (Å²) in [5.74, 6) is 1.36. The Bertz CT molecular complexity index is 508. The van der Waals surface area contributed by atoms with E-state index in [0.29, 0.717) is 5.88 Å². The SMILES string of the molecule is CC1(C)CCN(c2ccc([N+](=O)[O-])cc2CCl)CCS1. The first-order valence-corrected chi connectivity index (χ1v) is 8.17. The minimum Gasteiger partial charge on any atom is -0.370 e. The summed E-state index contributed by atoms with van der Waals surface area (Å²) in [4.78, 5) is 12.8. The number of nitrogens with zero attached hydrogens (tertiary/aromatic N) is 2. The van der Waals surface area contributed by atoms with Gasteiger partial charge in [-0.3, -0.25) is 10.1 Å². The Morgan fingerprint density at radius 2 is 2.20 bits per heavy atom. The molecule has 0 radical (unpaired) electrons. The molecule has 0 saturated carbocycles. The van der Waals surface area contributed by atoms with Crippen LogP contribution in [0.2, 0.25) is 0 Å². The third-order valence-electron chi connectivity index (χ3n) is 3.60. The smallest absolute Gasteiger partial charge is 0.269 e. The molecular formula is C14H19ClN2O2S. The summed E-state index contributed by atoms with van der Waals surface area (Å²) in [6.07, 6.45) is 1.09. The first kappa shape index (κ1) is 15.4. The normalized spacial score (nSPS) is 18.6. The summed E-state index contributed by atoms with van der Waals surface area (Å²) < 4.78 is 0.288. The molecule has 4 nitrogen and oxygen atoms in total. The van der Waals surface area contributed by atoms with E-state index in [1.807, 2.05) is 17.8 Å². The van der Waals surface area contributed by atoms with E-state index in [1.165, 1.54) is 0 Å². The van der Waals surface area contributed by atoms with Gasteiger partial charge in [-0.15, -0.1) is 11.6 Å². The molecular weight excluding hydrogens is 296 g/mol. The number of thioether (sulfide) groups is 1. The lowest BCUT2D eigenvalue weighted by molar-refractivity contribution is -0.384. The van der Waals surface area contributed by atoms with Crippen molar-refractivity contribution in [1.82, 2.24) is 0 Å². The Balaban J connectivity index is 2.25. The van der Waals surface area contributed by atoms with Crippen LogP contribution in [0, 0.1) is 10.1 Å². The van der Waals surface area contributed by atoms with Crippen molar-refractivity contribution in [3.8, 4) is 0 Å². The largest absolute Gasteiger partial charge is 0.370 e. The third kappa shape index (κ3) is 3.58. The average Bonchev–Trinajstić information content (AvgIpc) is 2.59. The van der Waals surface area contributed by atoms with Crippen molar-refractivity contribution in [1.29, 1.82) is 0 Å². The minimum absolute atomic E-state index is 0.105. The molecule has 0 N–H and O–H groups in total. The Labute approximate surface area is 128 Å². The van der Waals surface area contributed by atoms with Gasteiger partial charge in [0.15, 0.2) is 0 Å². The lowest BCUT2D eigenvalue weighted by Gasteiger charge is -2.26. The highest BCUT2D eigenvalue weighted by Gasteiger charge is 2.25. The highest BCUT2D eigenvalue weighted by Crippen LogP contribution is 2.34. The zero-order chi connectivity index (χ0) is 14.8. The van der Waals surface area contributed by atoms with Crippen molar-refractivity contribution in [2.24, 2.45) is 0 Å². The van der Waals surface area contributed by atoms with Gasteiger partial charge in [0.2, 0.25) is 0 Å². The molecule has 110 valence electrons. The fraction of sp³-hybridized carbons (Fsp3) is 0.571. The Kier molecular flexibility index (Phi) is 4.81. The molecule has 0 atom stereocenters. The maximum atomic E-state index is 10.8. The number of non-ortho nitro benzene ring substituents is 1.